The number of aliphatic hydroxyl groups excluding tert-OH is 1. The number of hydrogen-bond acceptors (Lipinski definition) is 8. The smallest absolute Gasteiger partial charge is 0.440 e. The molecule has 1 aliphatic rings. The predicted molar refractivity (Wildman–Crippen MR) is 161 cm³/mol. The van der Waals surface area contributed by atoms with Crippen LogP contribution >= 0.6 is 0 Å². The molecule has 2 heterocycles. The molecule has 1 fully saturated rings. The molecule has 3 aromatic carbocycles. The minimum Gasteiger partial charge on any atom is -0.440 e. The number of aromatic nitrogens is 3. The van der Waals surface area contributed by atoms with Crippen molar-refractivity contribution in [3.05, 3.63) is 89.3 Å². The van der Waals surface area contributed by atoms with Gasteiger partial charge in [0.05, 0.1) is 28.4 Å². The van der Waals surface area contributed by atoms with Crippen LogP contribution in [-0.4, -0.2) is 46.8 Å². The van der Waals surface area contributed by atoms with Crippen molar-refractivity contribution in [1.29, 1.82) is 0 Å². The first-order valence-corrected chi connectivity index (χ1v) is 16.0. The molecule has 1 amide bonds. The van der Waals surface area contributed by atoms with Crippen LogP contribution in [0.25, 0.3) is 39.4 Å². The number of nitrogens with two attached hydrogens (primary N) is 1. The van der Waals surface area contributed by atoms with Crippen molar-refractivity contribution in [2.45, 2.75) is 43.5 Å². The van der Waals surface area contributed by atoms with Gasteiger partial charge in [0.25, 0.3) is 5.91 Å². The Labute approximate surface area is 265 Å². The van der Waals surface area contributed by atoms with E-state index in [2.05, 4.69) is 14.8 Å². The lowest BCUT2D eigenvalue weighted by Gasteiger charge is -2.14. The van der Waals surface area contributed by atoms with Crippen LogP contribution in [0.4, 0.5) is 17.6 Å². The Morgan fingerprint density at radius 1 is 1.09 bits per heavy atom. The van der Waals surface area contributed by atoms with Gasteiger partial charge >= 0.3 is 6.36 Å². The molecule has 0 saturated heterocycles. The molecule has 0 aliphatic heterocycles. The molecule has 1 saturated carbocycles. The van der Waals surface area contributed by atoms with Gasteiger partial charge in [0.1, 0.15) is 17.3 Å². The summed E-state index contributed by atoms with van der Waals surface area (Å²) in [6.45, 7) is 0.736. The van der Waals surface area contributed by atoms with E-state index in [1.165, 1.54) is 29.1 Å². The SMILES string of the molecule is Cc1nc(-c2ccc(OC(F)(F)F)cc2)c(-c2cc(-c3cc(F)c(CO)c(S(C)(=O)=O)c3)ccc2-n2cc(C(N)=O)c(C3CC3)n2)o1. The van der Waals surface area contributed by atoms with Crippen LogP contribution < -0.4 is 10.5 Å². The zero-order valence-electron chi connectivity index (χ0n) is 24.8. The third kappa shape index (κ3) is 6.49. The van der Waals surface area contributed by atoms with Crippen LogP contribution in [-0.2, 0) is 16.4 Å². The standard InChI is InChI=1S/C32H26F4N4O6S/c1-16-38-29(18-5-8-21(9-6-18)46-32(34,35)36)30(45-16)22-11-19(20-12-25(33)24(15-41)27(13-20)47(2,43)44)7-10-26(22)40-14-23(31(37)42)28(39-40)17-3-4-17/h5-14,17,41H,3-4,15H2,1-2H3,(H2,37,42). The highest BCUT2D eigenvalue weighted by Gasteiger charge is 2.33. The molecule has 15 heteroatoms. The van der Waals surface area contributed by atoms with E-state index >= 15 is 4.39 Å². The minimum absolute atomic E-state index is 0.0596. The van der Waals surface area contributed by atoms with Crippen LogP contribution in [0.15, 0.2) is 70.1 Å². The number of nitrogens with zero attached hydrogens (tertiary/aromatic N) is 3. The number of aryl methyl sites for hydroxylation is 1. The number of sulfone groups is 1. The van der Waals surface area contributed by atoms with Gasteiger partial charge in [-0.15, -0.1) is 13.2 Å². The average Bonchev–Trinajstić information content (AvgIpc) is 3.62. The van der Waals surface area contributed by atoms with Crippen molar-refractivity contribution in [2.24, 2.45) is 5.73 Å². The van der Waals surface area contributed by atoms with E-state index in [1.807, 2.05) is 0 Å². The van der Waals surface area contributed by atoms with Crippen LogP contribution in [0.3, 0.4) is 0 Å². The number of alkyl halides is 3. The molecule has 0 radical (unpaired) electrons. The first kappa shape index (κ1) is 31.9. The van der Waals surface area contributed by atoms with E-state index in [4.69, 9.17) is 10.2 Å². The molecule has 244 valence electrons. The normalized spacial score (nSPS) is 13.6. The molecule has 0 unspecified atom stereocenters. The Morgan fingerprint density at radius 2 is 1.77 bits per heavy atom. The van der Waals surface area contributed by atoms with E-state index in [9.17, 15) is 31.5 Å². The number of rotatable bonds is 9. The van der Waals surface area contributed by atoms with Crippen molar-refractivity contribution >= 4 is 15.7 Å². The average molecular weight is 671 g/mol. The Morgan fingerprint density at radius 3 is 2.36 bits per heavy atom. The summed E-state index contributed by atoms with van der Waals surface area (Å²) in [5, 5.41) is 14.3. The quantitative estimate of drug-likeness (QED) is 0.179. The summed E-state index contributed by atoms with van der Waals surface area (Å²) in [6, 6.07) is 12.1. The largest absolute Gasteiger partial charge is 0.573 e. The number of hydrogen-bond donors (Lipinski definition) is 2. The Hall–Kier alpha value is -5.02. The summed E-state index contributed by atoms with van der Waals surface area (Å²) >= 11 is 0. The molecule has 47 heavy (non-hydrogen) atoms. The lowest BCUT2D eigenvalue weighted by atomic mass is 9.97. The third-order valence-corrected chi connectivity index (χ3v) is 8.76. The number of carbonyl (C=O) groups is 1. The number of carbonyl (C=O) groups excluding carboxylic acids is 1. The number of primary amides is 1. The fourth-order valence-corrected chi connectivity index (χ4v) is 6.29. The molecule has 0 spiro atoms. The van der Waals surface area contributed by atoms with Crippen molar-refractivity contribution in [3.8, 4) is 45.1 Å². The molecule has 1 aliphatic carbocycles. The van der Waals surface area contributed by atoms with Gasteiger partial charge in [-0.1, -0.05) is 6.07 Å². The van der Waals surface area contributed by atoms with Crippen LogP contribution in [0.1, 0.15) is 46.3 Å². The number of aliphatic hydroxyl groups is 1. The summed E-state index contributed by atoms with van der Waals surface area (Å²) in [5.41, 5.74) is 7.87. The Kier molecular flexibility index (Phi) is 7.92. The highest BCUT2D eigenvalue weighted by atomic mass is 32.2. The van der Waals surface area contributed by atoms with Crippen molar-refractivity contribution in [3.63, 3.8) is 0 Å². The summed E-state index contributed by atoms with van der Waals surface area (Å²) in [7, 11) is -3.95. The predicted octanol–water partition coefficient (Wildman–Crippen LogP) is 6.08. The van der Waals surface area contributed by atoms with Gasteiger partial charge in [-0.3, -0.25) is 4.79 Å². The maximum atomic E-state index is 15.1. The third-order valence-electron chi connectivity index (χ3n) is 7.60. The second kappa shape index (κ2) is 11.7. The van der Waals surface area contributed by atoms with Crippen molar-refractivity contribution < 1.29 is 45.0 Å². The second-order valence-corrected chi connectivity index (χ2v) is 13.1. The summed E-state index contributed by atoms with van der Waals surface area (Å²) in [4.78, 5) is 16.4. The van der Waals surface area contributed by atoms with Gasteiger partial charge in [-0.05, 0) is 72.5 Å². The molecule has 10 nitrogen and oxygen atoms in total. The lowest BCUT2D eigenvalue weighted by molar-refractivity contribution is -0.274. The number of oxazole rings is 1. The number of benzene rings is 3. The van der Waals surface area contributed by atoms with Gasteiger partial charge in [0.2, 0.25) is 0 Å². The van der Waals surface area contributed by atoms with Crippen molar-refractivity contribution in [1.82, 2.24) is 14.8 Å². The fraction of sp³-hybridized carbons (Fsp3) is 0.219. The summed E-state index contributed by atoms with van der Waals surface area (Å²) < 4.78 is 89.9. The number of ether oxygens (including phenoxy) is 1. The van der Waals surface area contributed by atoms with Gasteiger partial charge < -0.3 is 20.0 Å². The van der Waals surface area contributed by atoms with Crippen LogP contribution in [0.5, 0.6) is 5.75 Å². The highest BCUT2D eigenvalue weighted by Crippen LogP contribution is 2.43. The van der Waals surface area contributed by atoms with E-state index < -0.39 is 40.3 Å². The molecule has 3 N–H and O–H groups in total. The van der Waals surface area contributed by atoms with E-state index in [0.717, 1.165) is 37.3 Å². The first-order chi connectivity index (χ1) is 22.1. The van der Waals surface area contributed by atoms with Gasteiger partial charge in [-0.25, -0.2) is 22.5 Å². The maximum Gasteiger partial charge on any atom is 0.573 e. The molecule has 2 aromatic heterocycles. The summed E-state index contributed by atoms with van der Waals surface area (Å²) in [6.07, 6.45) is -0.829. The highest BCUT2D eigenvalue weighted by molar-refractivity contribution is 7.90. The fourth-order valence-electron chi connectivity index (χ4n) is 5.34. The second-order valence-electron chi connectivity index (χ2n) is 11.1. The first-order valence-electron chi connectivity index (χ1n) is 14.1. The molecule has 5 aromatic rings. The number of amides is 1. The molecule has 0 atom stereocenters. The Bertz CT molecular complexity index is 2140. The lowest BCUT2D eigenvalue weighted by Crippen LogP contribution is -2.16. The minimum atomic E-state index is -4.88. The Balaban J connectivity index is 1.56. The van der Waals surface area contributed by atoms with Gasteiger partial charge in [-0.2, -0.15) is 5.10 Å². The monoisotopic (exact) mass is 670 g/mol. The van der Waals surface area contributed by atoms with E-state index in [0.29, 0.717) is 28.1 Å². The van der Waals surface area contributed by atoms with Crippen LogP contribution in [0.2, 0.25) is 0 Å². The maximum absolute atomic E-state index is 15.1. The topological polar surface area (TPSA) is 151 Å². The van der Waals surface area contributed by atoms with E-state index in [-0.39, 0.29) is 44.8 Å². The zero-order valence-corrected chi connectivity index (χ0v) is 25.6. The molecular weight excluding hydrogens is 644 g/mol. The van der Waals surface area contributed by atoms with Crippen molar-refractivity contribution in [2.75, 3.05) is 6.26 Å². The molecule has 6 rings (SSSR count). The molecular formula is C32H26F4N4O6S. The van der Waals surface area contributed by atoms with Gasteiger partial charge in [0.15, 0.2) is 21.5 Å². The number of halogens is 4. The van der Waals surface area contributed by atoms with Crippen LogP contribution in [0, 0.1) is 12.7 Å². The summed E-state index contributed by atoms with van der Waals surface area (Å²) in [5.74, 6) is -1.62. The van der Waals surface area contributed by atoms with E-state index in [1.54, 1.807) is 25.1 Å². The van der Waals surface area contributed by atoms with Gasteiger partial charge in [0, 0.05) is 42.0 Å². The zero-order chi connectivity index (χ0) is 33.8. The molecule has 0 bridgehead atoms.